The normalized spacial score (nSPS) is 13.1. The molecular weight excluding hydrogens is 470 g/mol. The average Bonchev–Trinajstić information content (AvgIpc) is 2.87. The van der Waals surface area contributed by atoms with Crippen LogP contribution in [0.1, 0.15) is 125 Å². The Balaban J connectivity index is 2.16. The monoisotopic (exact) mass is 521 g/mol. The highest BCUT2D eigenvalue weighted by molar-refractivity contribution is 6.05. The highest BCUT2D eigenvalue weighted by Gasteiger charge is 2.15. The van der Waals surface area contributed by atoms with Gasteiger partial charge in [-0.1, -0.05) is 86.1 Å². The van der Waals surface area contributed by atoms with E-state index in [1.165, 1.54) is 56.5 Å². The molecule has 2 unspecified atom stereocenters. The number of carbonyl (C=O) groups is 2. The molecule has 0 radical (unpaired) electrons. The average molecular weight is 522 g/mol. The number of aryl methyl sites for hydroxylation is 2. The second-order valence-electron chi connectivity index (χ2n) is 12.2. The van der Waals surface area contributed by atoms with E-state index in [0.717, 1.165) is 54.5 Å². The minimum absolute atomic E-state index is 0.279. The maximum absolute atomic E-state index is 13.0. The third kappa shape index (κ3) is 11.4. The van der Waals surface area contributed by atoms with Gasteiger partial charge in [0.25, 0.3) is 5.91 Å². The fraction of sp³-hybridized carbons (Fsp3) is 0.606. The fourth-order valence-electron chi connectivity index (χ4n) is 4.93. The summed E-state index contributed by atoms with van der Waals surface area (Å²) in [6.45, 7) is 13.8. The molecule has 210 valence electrons. The minimum atomic E-state index is -0.279. The molecular formula is C33H51N3O2. The Morgan fingerprint density at radius 3 is 1.95 bits per heavy atom. The maximum atomic E-state index is 13.0. The number of hydrogen-bond donors (Lipinski definition) is 2. The molecule has 5 nitrogen and oxygen atoms in total. The van der Waals surface area contributed by atoms with Crippen LogP contribution in [-0.4, -0.2) is 17.2 Å². The van der Waals surface area contributed by atoms with Crippen molar-refractivity contribution in [2.45, 2.75) is 106 Å². The first kappa shape index (κ1) is 31.5. The predicted molar refractivity (Wildman–Crippen MR) is 161 cm³/mol. The number of nitrogen functional groups attached to an aromatic ring is 1. The van der Waals surface area contributed by atoms with E-state index in [0.29, 0.717) is 29.2 Å². The van der Waals surface area contributed by atoms with Crippen molar-refractivity contribution in [3.05, 3.63) is 52.8 Å². The van der Waals surface area contributed by atoms with Gasteiger partial charge in [-0.05, 0) is 72.6 Å². The van der Waals surface area contributed by atoms with Gasteiger partial charge in [-0.2, -0.15) is 0 Å². The van der Waals surface area contributed by atoms with E-state index in [9.17, 15) is 9.59 Å². The number of nitrogens with two attached hydrogens (primary N) is 1. The molecule has 2 aromatic rings. The number of aromatic nitrogens is 1. The smallest absolute Gasteiger partial charge is 0.257 e. The number of hydrogen-bond acceptors (Lipinski definition) is 4. The summed E-state index contributed by atoms with van der Waals surface area (Å²) in [4.78, 5) is 28.2. The Morgan fingerprint density at radius 2 is 1.39 bits per heavy atom. The van der Waals surface area contributed by atoms with Crippen molar-refractivity contribution in [2.75, 3.05) is 11.1 Å². The zero-order valence-corrected chi connectivity index (χ0v) is 24.7. The van der Waals surface area contributed by atoms with Crippen LogP contribution in [0.25, 0.3) is 0 Å². The third-order valence-corrected chi connectivity index (χ3v) is 7.54. The number of benzene rings is 1. The molecule has 0 bridgehead atoms. The van der Waals surface area contributed by atoms with Gasteiger partial charge in [0.1, 0.15) is 0 Å². The quantitative estimate of drug-likeness (QED) is 0.161. The lowest BCUT2D eigenvalue weighted by Crippen LogP contribution is -2.15. The van der Waals surface area contributed by atoms with E-state index in [1.54, 1.807) is 6.07 Å². The van der Waals surface area contributed by atoms with Crippen molar-refractivity contribution in [1.82, 2.24) is 4.98 Å². The summed E-state index contributed by atoms with van der Waals surface area (Å²) < 4.78 is 0. The van der Waals surface area contributed by atoms with Crippen molar-refractivity contribution >= 4 is 23.6 Å². The fourth-order valence-corrected chi connectivity index (χ4v) is 4.93. The SMILES string of the molecule is CC(C)CCCC(C)CCc1cc(CCC(C)CCCC(C)C)c(NC(=O)c2cncc(C=O)c2)cc1N. The van der Waals surface area contributed by atoms with E-state index < -0.39 is 0 Å². The Morgan fingerprint density at radius 1 is 0.816 bits per heavy atom. The predicted octanol–water partition coefficient (Wildman–Crippen LogP) is 8.52. The van der Waals surface area contributed by atoms with Crippen molar-refractivity contribution < 1.29 is 9.59 Å². The van der Waals surface area contributed by atoms with Crippen molar-refractivity contribution in [3.8, 4) is 0 Å². The van der Waals surface area contributed by atoms with Gasteiger partial charge in [0, 0.05) is 29.3 Å². The molecule has 38 heavy (non-hydrogen) atoms. The van der Waals surface area contributed by atoms with E-state index in [4.69, 9.17) is 5.73 Å². The number of pyridine rings is 1. The topological polar surface area (TPSA) is 85.1 Å². The Bertz CT molecular complexity index is 1020. The van der Waals surface area contributed by atoms with Gasteiger partial charge < -0.3 is 11.1 Å². The van der Waals surface area contributed by atoms with Gasteiger partial charge in [0.15, 0.2) is 6.29 Å². The number of nitrogens with one attached hydrogen (secondary N) is 1. The highest BCUT2D eigenvalue weighted by Crippen LogP contribution is 2.29. The van der Waals surface area contributed by atoms with Crippen LogP contribution in [0, 0.1) is 23.7 Å². The first-order valence-corrected chi connectivity index (χ1v) is 14.7. The van der Waals surface area contributed by atoms with E-state index in [2.05, 4.69) is 57.9 Å². The highest BCUT2D eigenvalue weighted by atomic mass is 16.1. The first-order valence-electron chi connectivity index (χ1n) is 14.7. The molecule has 5 heteroatoms. The number of carbonyl (C=O) groups excluding carboxylic acids is 2. The van der Waals surface area contributed by atoms with Gasteiger partial charge in [-0.15, -0.1) is 0 Å². The standard InChI is InChI=1S/C33H51N3O2/c1-23(2)9-7-11-25(5)13-15-28-18-29(16-14-26(6)12-8-10-24(3)4)32(19-31(28)34)36-33(38)30-17-27(22-37)20-35-21-30/h17-26H,7-16,34H2,1-6H3,(H,36,38). The van der Waals surface area contributed by atoms with Crippen LogP contribution < -0.4 is 11.1 Å². The molecule has 1 amide bonds. The molecule has 1 aromatic carbocycles. The van der Waals surface area contributed by atoms with Crippen LogP contribution in [-0.2, 0) is 12.8 Å². The number of nitrogens with zero attached hydrogens (tertiary/aromatic N) is 1. The van der Waals surface area contributed by atoms with E-state index in [1.807, 2.05) is 6.07 Å². The number of rotatable bonds is 17. The van der Waals surface area contributed by atoms with Crippen LogP contribution in [0.15, 0.2) is 30.6 Å². The summed E-state index contributed by atoms with van der Waals surface area (Å²) in [6, 6.07) is 5.70. The number of anilines is 2. The zero-order valence-electron chi connectivity index (χ0n) is 24.7. The number of amides is 1. The van der Waals surface area contributed by atoms with E-state index >= 15 is 0 Å². The lowest BCUT2D eigenvalue weighted by molar-refractivity contribution is 0.102. The molecule has 3 N–H and O–H groups in total. The second-order valence-corrected chi connectivity index (χ2v) is 12.2. The van der Waals surface area contributed by atoms with Crippen LogP contribution in [0.2, 0.25) is 0 Å². The van der Waals surface area contributed by atoms with Crippen LogP contribution in [0.5, 0.6) is 0 Å². The van der Waals surface area contributed by atoms with Gasteiger partial charge in [0.2, 0.25) is 0 Å². The Hall–Kier alpha value is -2.69. The molecule has 1 heterocycles. The summed E-state index contributed by atoms with van der Waals surface area (Å²) in [5, 5.41) is 3.06. The van der Waals surface area contributed by atoms with Gasteiger partial charge >= 0.3 is 0 Å². The van der Waals surface area contributed by atoms with Crippen molar-refractivity contribution in [1.29, 1.82) is 0 Å². The third-order valence-electron chi connectivity index (χ3n) is 7.54. The first-order chi connectivity index (χ1) is 18.1. The maximum Gasteiger partial charge on any atom is 0.257 e. The summed E-state index contributed by atoms with van der Waals surface area (Å²) in [6.07, 6.45) is 15.2. The largest absolute Gasteiger partial charge is 0.398 e. The molecule has 0 fully saturated rings. The van der Waals surface area contributed by atoms with Gasteiger partial charge in [0.05, 0.1) is 5.56 Å². The Kier molecular flexibility index (Phi) is 13.5. The second kappa shape index (κ2) is 16.3. The summed E-state index contributed by atoms with van der Waals surface area (Å²) in [5.41, 5.74) is 11.0. The van der Waals surface area contributed by atoms with Crippen LogP contribution in [0.3, 0.4) is 0 Å². The van der Waals surface area contributed by atoms with Gasteiger partial charge in [-0.3, -0.25) is 14.6 Å². The van der Waals surface area contributed by atoms with E-state index in [-0.39, 0.29) is 5.91 Å². The molecule has 0 aliphatic rings. The lowest BCUT2D eigenvalue weighted by Gasteiger charge is -2.19. The van der Waals surface area contributed by atoms with Crippen molar-refractivity contribution in [3.63, 3.8) is 0 Å². The molecule has 0 aliphatic heterocycles. The molecule has 0 spiro atoms. The molecule has 2 rings (SSSR count). The summed E-state index contributed by atoms with van der Waals surface area (Å²) in [5.74, 6) is 2.50. The van der Waals surface area contributed by atoms with Crippen molar-refractivity contribution in [2.24, 2.45) is 23.7 Å². The number of aldehydes is 1. The molecule has 2 atom stereocenters. The molecule has 0 aliphatic carbocycles. The minimum Gasteiger partial charge on any atom is -0.398 e. The zero-order chi connectivity index (χ0) is 28.1. The Labute approximate surface area is 231 Å². The molecule has 0 saturated heterocycles. The molecule has 0 saturated carbocycles. The van der Waals surface area contributed by atoms with Gasteiger partial charge in [-0.25, -0.2) is 0 Å². The molecule has 1 aromatic heterocycles. The van der Waals surface area contributed by atoms with Crippen LogP contribution in [0.4, 0.5) is 11.4 Å². The summed E-state index contributed by atoms with van der Waals surface area (Å²) in [7, 11) is 0. The van der Waals surface area contributed by atoms with Crippen LogP contribution >= 0.6 is 0 Å². The lowest BCUT2D eigenvalue weighted by atomic mass is 9.90. The summed E-state index contributed by atoms with van der Waals surface area (Å²) >= 11 is 0.